The van der Waals surface area contributed by atoms with Crippen LogP contribution in [0.25, 0.3) is 21.7 Å². The van der Waals surface area contributed by atoms with Crippen molar-refractivity contribution >= 4 is 55.4 Å². The molecule has 0 aliphatic carbocycles. The summed E-state index contributed by atoms with van der Waals surface area (Å²) in [6.07, 6.45) is 2.08. The van der Waals surface area contributed by atoms with Gasteiger partial charge in [0.15, 0.2) is 11.5 Å². The average Bonchev–Trinajstić information content (AvgIpc) is 2.91. The molecule has 0 aliphatic rings. The summed E-state index contributed by atoms with van der Waals surface area (Å²) in [6.45, 7) is 2.24. The Labute approximate surface area is 227 Å². The fourth-order valence-electron chi connectivity index (χ4n) is 4.22. The highest BCUT2D eigenvalue weighted by atomic mass is 79.9. The van der Waals surface area contributed by atoms with Crippen LogP contribution in [0.15, 0.2) is 87.2 Å². The number of aromatic nitrogens is 2. The smallest absolute Gasteiger partial charge is 0.282 e. The molecule has 186 valence electrons. The summed E-state index contributed by atoms with van der Waals surface area (Å²) in [5, 5.41) is 7.69. The molecule has 0 N–H and O–H groups in total. The molecule has 0 saturated heterocycles. The van der Waals surface area contributed by atoms with E-state index in [4.69, 9.17) is 21.1 Å². The third-order valence-electron chi connectivity index (χ3n) is 6.02. The number of fused-ring (bicyclic) bond motifs is 2. The van der Waals surface area contributed by atoms with Gasteiger partial charge in [-0.1, -0.05) is 76.9 Å². The maximum atomic E-state index is 13.3. The van der Waals surface area contributed by atoms with E-state index in [2.05, 4.69) is 44.2 Å². The van der Waals surface area contributed by atoms with Gasteiger partial charge in [0, 0.05) is 27.5 Å². The monoisotopic (exact) mass is 575 g/mol. The predicted octanol–water partition coefficient (Wildman–Crippen LogP) is 7.00. The number of methoxy groups -OCH3 is 1. The Balaban J connectivity index is 1.56. The lowest BCUT2D eigenvalue weighted by Crippen LogP contribution is -2.22. The van der Waals surface area contributed by atoms with Crippen LogP contribution in [0.3, 0.4) is 0 Å². The molecule has 5 rings (SSSR count). The number of rotatable bonds is 7. The third-order valence-corrected chi connectivity index (χ3v) is 6.74. The van der Waals surface area contributed by atoms with Gasteiger partial charge in [0.05, 0.1) is 24.2 Å². The SMILES string of the molecule is CCc1nc2ccc(Br)cc2c(=O)n1N=Cc1cc(Cl)cc(OC)c1OCc1cccc2ccccc12. The molecule has 0 aliphatic heterocycles. The van der Waals surface area contributed by atoms with E-state index in [0.29, 0.717) is 51.8 Å². The van der Waals surface area contributed by atoms with E-state index in [1.807, 2.05) is 43.3 Å². The van der Waals surface area contributed by atoms with Crippen molar-refractivity contribution in [3.8, 4) is 11.5 Å². The van der Waals surface area contributed by atoms with E-state index in [1.54, 1.807) is 31.5 Å². The van der Waals surface area contributed by atoms with E-state index >= 15 is 0 Å². The van der Waals surface area contributed by atoms with Crippen LogP contribution < -0.4 is 15.0 Å². The second-order valence-electron chi connectivity index (χ2n) is 8.36. The molecular weight excluding hydrogens is 554 g/mol. The molecule has 37 heavy (non-hydrogen) atoms. The zero-order chi connectivity index (χ0) is 25.9. The zero-order valence-electron chi connectivity index (χ0n) is 20.2. The van der Waals surface area contributed by atoms with Crippen molar-refractivity contribution in [1.82, 2.24) is 9.66 Å². The third kappa shape index (κ3) is 5.10. The molecule has 0 unspecified atom stereocenters. The van der Waals surface area contributed by atoms with Gasteiger partial charge in [-0.25, -0.2) is 4.98 Å². The second kappa shape index (κ2) is 10.7. The highest BCUT2D eigenvalue weighted by molar-refractivity contribution is 9.10. The number of benzene rings is 4. The van der Waals surface area contributed by atoms with Crippen LogP contribution in [0.2, 0.25) is 5.02 Å². The minimum Gasteiger partial charge on any atom is -0.493 e. The van der Waals surface area contributed by atoms with Crippen LogP contribution in [-0.4, -0.2) is 23.0 Å². The first-order valence-corrected chi connectivity index (χ1v) is 12.9. The Morgan fingerprint density at radius 1 is 1.05 bits per heavy atom. The molecular formula is C29H23BrClN3O3. The Morgan fingerprint density at radius 2 is 1.86 bits per heavy atom. The van der Waals surface area contributed by atoms with Gasteiger partial charge in [0.25, 0.3) is 5.56 Å². The summed E-state index contributed by atoms with van der Waals surface area (Å²) in [7, 11) is 1.56. The number of ether oxygens (including phenoxy) is 2. The lowest BCUT2D eigenvalue weighted by Gasteiger charge is -2.15. The molecule has 0 bridgehead atoms. The number of hydrogen-bond acceptors (Lipinski definition) is 5. The number of hydrogen-bond donors (Lipinski definition) is 0. The molecule has 5 aromatic rings. The van der Waals surface area contributed by atoms with Gasteiger partial charge in [-0.3, -0.25) is 4.79 Å². The van der Waals surface area contributed by atoms with Crippen LogP contribution in [0, 0.1) is 0 Å². The fourth-order valence-corrected chi connectivity index (χ4v) is 4.80. The first-order chi connectivity index (χ1) is 18.0. The maximum Gasteiger partial charge on any atom is 0.282 e. The molecule has 0 spiro atoms. The van der Waals surface area contributed by atoms with Crippen molar-refractivity contribution in [2.75, 3.05) is 7.11 Å². The molecule has 1 aromatic heterocycles. The summed E-state index contributed by atoms with van der Waals surface area (Å²) in [4.78, 5) is 17.9. The first-order valence-electron chi connectivity index (χ1n) is 11.7. The number of aryl methyl sites for hydroxylation is 1. The van der Waals surface area contributed by atoms with Gasteiger partial charge in [-0.05, 0) is 40.6 Å². The normalized spacial score (nSPS) is 11.5. The van der Waals surface area contributed by atoms with Gasteiger partial charge in [-0.2, -0.15) is 9.78 Å². The summed E-state index contributed by atoms with van der Waals surface area (Å²) >= 11 is 9.81. The van der Waals surface area contributed by atoms with Gasteiger partial charge in [-0.15, -0.1) is 0 Å². The highest BCUT2D eigenvalue weighted by Gasteiger charge is 2.15. The van der Waals surface area contributed by atoms with Crippen molar-refractivity contribution in [3.05, 3.63) is 110 Å². The van der Waals surface area contributed by atoms with E-state index in [-0.39, 0.29) is 5.56 Å². The van der Waals surface area contributed by atoms with Crippen molar-refractivity contribution in [3.63, 3.8) is 0 Å². The Bertz CT molecular complexity index is 1710. The average molecular weight is 577 g/mol. The van der Waals surface area contributed by atoms with Crippen molar-refractivity contribution in [2.45, 2.75) is 20.0 Å². The van der Waals surface area contributed by atoms with Crippen LogP contribution in [0.4, 0.5) is 0 Å². The topological polar surface area (TPSA) is 65.7 Å². The highest BCUT2D eigenvalue weighted by Crippen LogP contribution is 2.35. The summed E-state index contributed by atoms with van der Waals surface area (Å²) in [5.74, 6) is 1.49. The molecule has 0 radical (unpaired) electrons. The maximum absolute atomic E-state index is 13.3. The van der Waals surface area contributed by atoms with E-state index < -0.39 is 0 Å². The minimum absolute atomic E-state index is 0.258. The molecule has 0 atom stereocenters. The van der Waals surface area contributed by atoms with Crippen LogP contribution in [0.1, 0.15) is 23.9 Å². The molecule has 0 fully saturated rings. The fraction of sp³-hybridized carbons (Fsp3) is 0.138. The van der Waals surface area contributed by atoms with Gasteiger partial charge in [0.2, 0.25) is 0 Å². The Kier molecular flexibility index (Phi) is 7.26. The number of nitrogens with zero attached hydrogens (tertiary/aromatic N) is 3. The van der Waals surface area contributed by atoms with Crippen molar-refractivity contribution in [1.29, 1.82) is 0 Å². The van der Waals surface area contributed by atoms with Crippen molar-refractivity contribution < 1.29 is 9.47 Å². The summed E-state index contributed by atoms with van der Waals surface area (Å²) in [6, 6.07) is 23.1. The van der Waals surface area contributed by atoms with E-state index in [0.717, 1.165) is 20.8 Å². The van der Waals surface area contributed by atoms with Crippen LogP contribution >= 0.6 is 27.5 Å². The molecule has 0 saturated carbocycles. The molecule has 4 aromatic carbocycles. The van der Waals surface area contributed by atoms with Gasteiger partial charge >= 0.3 is 0 Å². The first kappa shape index (κ1) is 25.0. The second-order valence-corrected chi connectivity index (χ2v) is 9.71. The molecule has 0 amide bonds. The molecule has 1 heterocycles. The van der Waals surface area contributed by atoms with E-state index in [9.17, 15) is 4.79 Å². The lowest BCUT2D eigenvalue weighted by atomic mass is 10.1. The summed E-state index contributed by atoms with van der Waals surface area (Å²) < 4.78 is 14.0. The number of halogens is 2. The largest absolute Gasteiger partial charge is 0.493 e. The summed E-state index contributed by atoms with van der Waals surface area (Å²) in [5.41, 5.74) is 1.98. The van der Waals surface area contributed by atoms with Gasteiger partial charge < -0.3 is 9.47 Å². The van der Waals surface area contributed by atoms with Crippen LogP contribution in [-0.2, 0) is 13.0 Å². The van der Waals surface area contributed by atoms with E-state index in [1.165, 1.54) is 4.68 Å². The van der Waals surface area contributed by atoms with Gasteiger partial charge in [0.1, 0.15) is 12.4 Å². The quantitative estimate of drug-likeness (QED) is 0.196. The Hall–Kier alpha value is -3.68. The standard InChI is InChI=1S/C29H23BrClN3O3/c1-3-27-33-25-12-11-21(30)14-24(25)29(35)34(27)32-16-20-13-22(31)15-26(36-2)28(20)37-17-19-9-6-8-18-7-4-5-10-23(18)19/h4-16H,3,17H2,1-2H3. The molecule has 6 nitrogen and oxygen atoms in total. The minimum atomic E-state index is -0.258. The lowest BCUT2D eigenvalue weighted by molar-refractivity contribution is 0.285. The van der Waals surface area contributed by atoms with Crippen molar-refractivity contribution in [2.24, 2.45) is 5.10 Å². The zero-order valence-corrected chi connectivity index (χ0v) is 22.6. The molecule has 8 heteroatoms. The van der Waals surface area contributed by atoms with Crippen LogP contribution in [0.5, 0.6) is 11.5 Å². The Morgan fingerprint density at radius 3 is 2.68 bits per heavy atom. The predicted molar refractivity (Wildman–Crippen MR) is 152 cm³/mol.